The van der Waals surface area contributed by atoms with Crippen molar-refractivity contribution in [2.24, 2.45) is 0 Å². The maximum Gasteiger partial charge on any atom is 0.236 e. The van der Waals surface area contributed by atoms with Crippen LogP contribution in [0.1, 0.15) is 18.9 Å². The van der Waals surface area contributed by atoms with E-state index in [-0.39, 0.29) is 5.91 Å². The molecule has 0 aromatic heterocycles. The summed E-state index contributed by atoms with van der Waals surface area (Å²) in [5.41, 5.74) is 1.30. The van der Waals surface area contributed by atoms with Gasteiger partial charge < -0.3 is 9.80 Å². The molecule has 1 aromatic carbocycles. The number of benzene rings is 1. The summed E-state index contributed by atoms with van der Waals surface area (Å²) in [6, 6.07) is 8.64. The molecule has 1 amide bonds. The van der Waals surface area contributed by atoms with Crippen LogP contribution in [-0.4, -0.2) is 79.2 Å². The standard InChI is InChI=1S/C19H31N3OS/c1-4-21-11-13-22(14-12-21)16-19(23)20(3)10-5-15-24-18-8-6-17(2)7-9-18/h6-9H,4-5,10-16H2,1-3H3. The summed E-state index contributed by atoms with van der Waals surface area (Å²) < 4.78 is 0. The number of carbonyl (C=O) groups excluding carboxylic acids is 1. The number of nitrogens with zero attached hydrogens (tertiary/aromatic N) is 3. The zero-order chi connectivity index (χ0) is 17.4. The smallest absolute Gasteiger partial charge is 0.236 e. The molecular weight excluding hydrogens is 318 g/mol. The fourth-order valence-electron chi connectivity index (χ4n) is 2.83. The summed E-state index contributed by atoms with van der Waals surface area (Å²) in [5, 5.41) is 0. The molecule has 1 heterocycles. The topological polar surface area (TPSA) is 26.8 Å². The Labute approximate surface area is 151 Å². The second-order valence-electron chi connectivity index (χ2n) is 6.54. The number of aryl methyl sites for hydroxylation is 1. The molecule has 5 heteroatoms. The first-order valence-electron chi connectivity index (χ1n) is 8.96. The van der Waals surface area contributed by atoms with Gasteiger partial charge in [0.25, 0.3) is 0 Å². The van der Waals surface area contributed by atoms with Crippen LogP contribution < -0.4 is 0 Å². The number of thioether (sulfide) groups is 1. The summed E-state index contributed by atoms with van der Waals surface area (Å²) in [6.07, 6.45) is 1.03. The van der Waals surface area contributed by atoms with Crippen molar-refractivity contribution in [2.75, 3.05) is 58.6 Å². The van der Waals surface area contributed by atoms with E-state index in [1.807, 2.05) is 23.7 Å². The van der Waals surface area contributed by atoms with E-state index in [1.54, 1.807) is 0 Å². The van der Waals surface area contributed by atoms with Crippen LogP contribution in [0.4, 0.5) is 0 Å². The van der Waals surface area contributed by atoms with Crippen LogP contribution >= 0.6 is 11.8 Å². The van der Waals surface area contributed by atoms with Gasteiger partial charge in [0.05, 0.1) is 6.54 Å². The average Bonchev–Trinajstić information content (AvgIpc) is 2.60. The summed E-state index contributed by atoms with van der Waals surface area (Å²) in [6.45, 7) is 11.0. The van der Waals surface area contributed by atoms with E-state index in [0.717, 1.165) is 51.4 Å². The van der Waals surface area contributed by atoms with E-state index in [2.05, 4.69) is 47.9 Å². The molecule has 1 saturated heterocycles. The van der Waals surface area contributed by atoms with Crippen molar-refractivity contribution in [1.82, 2.24) is 14.7 Å². The Kier molecular flexibility index (Phi) is 8.09. The maximum atomic E-state index is 12.3. The molecule has 1 aliphatic heterocycles. The first-order valence-corrected chi connectivity index (χ1v) is 9.95. The van der Waals surface area contributed by atoms with Gasteiger partial charge in [0.1, 0.15) is 0 Å². The van der Waals surface area contributed by atoms with Crippen LogP contribution in [-0.2, 0) is 4.79 Å². The molecule has 0 atom stereocenters. The number of likely N-dealkylation sites (N-methyl/N-ethyl adjacent to an activating group) is 2. The van der Waals surface area contributed by atoms with E-state index in [1.165, 1.54) is 10.5 Å². The molecule has 134 valence electrons. The molecule has 24 heavy (non-hydrogen) atoms. The van der Waals surface area contributed by atoms with E-state index in [9.17, 15) is 4.79 Å². The summed E-state index contributed by atoms with van der Waals surface area (Å²) in [7, 11) is 1.93. The van der Waals surface area contributed by atoms with Crippen LogP contribution in [0.3, 0.4) is 0 Å². The van der Waals surface area contributed by atoms with Gasteiger partial charge >= 0.3 is 0 Å². The highest BCUT2D eigenvalue weighted by molar-refractivity contribution is 7.99. The third-order valence-corrected chi connectivity index (χ3v) is 5.72. The predicted octanol–water partition coefficient (Wildman–Crippen LogP) is 2.57. The van der Waals surface area contributed by atoms with Crippen molar-refractivity contribution in [3.05, 3.63) is 29.8 Å². The van der Waals surface area contributed by atoms with Crippen molar-refractivity contribution >= 4 is 17.7 Å². The molecule has 4 nitrogen and oxygen atoms in total. The molecule has 1 aliphatic rings. The van der Waals surface area contributed by atoms with Gasteiger partial charge in [0.15, 0.2) is 0 Å². The lowest BCUT2D eigenvalue weighted by Crippen LogP contribution is -2.49. The zero-order valence-corrected chi connectivity index (χ0v) is 16.1. The number of carbonyl (C=O) groups is 1. The van der Waals surface area contributed by atoms with Crippen LogP contribution in [0.15, 0.2) is 29.2 Å². The normalized spacial score (nSPS) is 16.3. The van der Waals surface area contributed by atoms with Gasteiger partial charge in [0, 0.05) is 44.7 Å². The van der Waals surface area contributed by atoms with Gasteiger partial charge in [-0.1, -0.05) is 24.6 Å². The number of hydrogen-bond donors (Lipinski definition) is 0. The third kappa shape index (κ3) is 6.46. The van der Waals surface area contributed by atoms with Gasteiger partial charge in [-0.05, 0) is 37.8 Å². The van der Waals surface area contributed by atoms with Crippen LogP contribution in [0.5, 0.6) is 0 Å². The number of amides is 1. The molecule has 0 aliphatic carbocycles. The lowest BCUT2D eigenvalue weighted by Gasteiger charge is -2.34. The minimum atomic E-state index is 0.250. The molecule has 2 rings (SSSR count). The van der Waals surface area contributed by atoms with E-state index >= 15 is 0 Å². The van der Waals surface area contributed by atoms with Gasteiger partial charge in [-0.3, -0.25) is 9.69 Å². The highest BCUT2D eigenvalue weighted by atomic mass is 32.2. The summed E-state index contributed by atoms with van der Waals surface area (Å²) in [4.78, 5) is 20.2. The SMILES string of the molecule is CCN1CCN(CC(=O)N(C)CCCSc2ccc(C)cc2)CC1. The fraction of sp³-hybridized carbons (Fsp3) is 0.632. The number of rotatable bonds is 8. The number of piperazine rings is 1. The lowest BCUT2D eigenvalue weighted by molar-refractivity contribution is -0.131. The van der Waals surface area contributed by atoms with Crippen LogP contribution in [0.2, 0.25) is 0 Å². The second kappa shape index (κ2) is 10.1. The molecule has 0 N–H and O–H groups in total. The van der Waals surface area contributed by atoms with Crippen molar-refractivity contribution in [3.8, 4) is 0 Å². The van der Waals surface area contributed by atoms with Crippen LogP contribution in [0, 0.1) is 6.92 Å². The Bertz CT molecular complexity index is 498. The number of hydrogen-bond acceptors (Lipinski definition) is 4. The molecule has 0 unspecified atom stereocenters. The Hall–Kier alpha value is -1.04. The Balaban J connectivity index is 1.60. The first-order chi connectivity index (χ1) is 11.6. The molecule has 0 radical (unpaired) electrons. The Morgan fingerprint density at radius 1 is 1.12 bits per heavy atom. The highest BCUT2D eigenvalue weighted by Crippen LogP contribution is 2.19. The third-order valence-electron chi connectivity index (χ3n) is 4.62. The molecular formula is C19H31N3OS. The maximum absolute atomic E-state index is 12.3. The van der Waals surface area contributed by atoms with E-state index in [0.29, 0.717) is 6.54 Å². The minimum absolute atomic E-state index is 0.250. The zero-order valence-electron chi connectivity index (χ0n) is 15.3. The predicted molar refractivity (Wildman–Crippen MR) is 103 cm³/mol. The Morgan fingerprint density at radius 2 is 1.75 bits per heavy atom. The van der Waals surface area contributed by atoms with Crippen molar-refractivity contribution in [2.45, 2.75) is 25.2 Å². The molecule has 1 aromatic rings. The van der Waals surface area contributed by atoms with E-state index < -0.39 is 0 Å². The van der Waals surface area contributed by atoms with Crippen LogP contribution in [0.25, 0.3) is 0 Å². The average molecular weight is 350 g/mol. The Morgan fingerprint density at radius 3 is 2.38 bits per heavy atom. The largest absolute Gasteiger partial charge is 0.345 e. The quantitative estimate of drug-likeness (QED) is 0.532. The second-order valence-corrected chi connectivity index (χ2v) is 7.71. The van der Waals surface area contributed by atoms with E-state index in [4.69, 9.17) is 0 Å². The van der Waals surface area contributed by atoms with Crippen molar-refractivity contribution in [1.29, 1.82) is 0 Å². The van der Waals surface area contributed by atoms with Gasteiger partial charge in [-0.25, -0.2) is 0 Å². The molecule has 0 spiro atoms. The molecule has 0 saturated carbocycles. The fourth-order valence-corrected chi connectivity index (χ4v) is 3.66. The summed E-state index contributed by atoms with van der Waals surface area (Å²) >= 11 is 1.87. The monoisotopic (exact) mass is 349 g/mol. The highest BCUT2D eigenvalue weighted by Gasteiger charge is 2.19. The lowest BCUT2D eigenvalue weighted by atomic mass is 10.2. The molecule has 0 bridgehead atoms. The first kappa shape index (κ1) is 19.3. The van der Waals surface area contributed by atoms with Gasteiger partial charge in [0.2, 0.25) is 5.91 Å². The van der Waals surface area contributed by atoms with Gasteiger partial charge in [-0.2, -0.15) is 0 Å². The van der Waals surface area contributed by atoms with Gasteiger partial charge in [-0.15, -0.1) is 11.8 Å². The minimum Gasteiger partial charge on any atom is -0.345 e. The van der Waals surface area contributed by atoms with Crippen molar-refractivity contribution in [3.63, 3.8) is 0 Å². The summed E-state index contributed by atoms with van der Waals surface area (Å²) in [5.74, 6) is 1.30. The van der Waals surface area contributed by atoms with Crippen molar-refractivity contribution < 1.29 is 4.79 Å². The molecule has 1 fully saturated rings.